The van der Waals surface area contributed by atoms with Gasteiger partial charge in [0.2, 0.25) is 5.91 Å². The molecule has 2 heterocycles. The first kappa shape index (κ1) is 16.3. The first-order valence-electron chi connectivity index (χ1n) is 8.44. The van der Waals surface area contributed by atoms with Crippen LogP contribution in [0.4, 0.5) is 0 Å². The standard InChI is InChI=1S/C18H17N3O.C2H6/c19-18(22)15-10-13-12-8-4-5-9-14(12)20-17(13)16(21-15)11-6-2-1-3-7-11;1-2/h1-9,15-16,20-21H,10H2,(H2,19,22);1-2H3/t15-,16?;/m0./s1. The molecule has 0 spiro atoms. The van der Waals surface area contributed by atoms with Crippen molar-refractivity contribution in [3.8, 4) is 0 Å². The number of nitrogens with two attached hydrogens (primary N) is 1. The summed E-state index contributed by atoms with van der Waals surface area (Å²) in [7, 11) is 0. The molecule has 24 heavy (non-hydrogen) atoms. The zero-order valence-corrected chi connectivity index (χ0v) is 14.0. The molecule has 0 bridgehead atoms. The lowest BCUT2D eigenvalue weighted by molar-refractivity contribution is -0.120. The number of H-pyrrole nitrogens is 1. The molecule has 0 aliphatic carbocycles. The highest BCUT2D eigenvalue weighted by Crippen LogP contribution is 2.34. The molecule has 0 saturated carbocycles. The van der Waals surface area contributed by atoms with Crippen LogP contribution in [-0.4, -0.2) is 16.9 Å². The van der Waals surface area contributed by atoms with Crippen LogP contribution in [0.1, 0.15) is 36.7 Å². The Bertz CT molecular complexity index is 838. The summed E-state index contributed by atoms with van der Waals surface area (Å²) in [6.07, 6.45) is 0.623. The molecule has 2 aromatic carbocycles. The minimum absolute atomic E-state index is 0.0464. The van der Waals surface area contributed by atoms with E-state index in [9.17, 15) is 4.79 Å². The summed E-state index contributed by atoms with van der Waals surface area (Å²) in [5, 5.41) is 4.55. The molecule has 3 aromatic rings. The Morgan fingerprint density at radius 2 is 1.71 bits per heavy atom. The van der Waals surface area contributed by atoms with Crippen LogP contribution in [0.15, 0.2) is 54.6 Å². The maximum Gasteiger partial charge on any atom is 0.234 e. The molecular formula is C20H23N3O. The summed E-state index contributed by atoms with van der Waals surface area (Å²) in [5.74, 6) is -0.308. The quantitative estimate of drug-likeness (QED) is 0.678. The van der Waals surface area contributed by atoms with Gasteiger partial charge >= 0.3 is 0 Å². The van der Waals surface area contributed by atoms with Crippen molar-refractivity contribution in [1.82, 2.24) is 10.3 Å². The van der Waals surface area contributed by atoms with E-state index in [0.717, 1.165) is 16.8 Å². The summed E-state index contributed by atoms with van der Waals surface area (Å²) in [6, 6.07) is 17.9. The lowest BCUT2D eigenvalue weighted by Crippen LogP contribution is -2.47. The zero-order valence-electron chi connectivity index (χ0n) is 14.0. The van der Waals surface area contributed by atoms with Crippen molar-refractivity contribution >= 4 is 16.8 Å². The fraction of sp³-hybridized carbons (Fsp3) is 0.250. The Morgan fingerprint density at radius 1 is 1.04 bits per heavy atom. The highest BCUT2D eigenvalue weighted by molar-refractivity contribution is 5.88. The van der Waals surface area contributed by atoms with E-state index in [-0.39, 0.29) is 18.0 Å². The smallest absolute Gasteiger partial charge is 0.234 e. The highest BCUT2D eigenvalue weighted by atomic mass is 16.1. The van der Waals surface area contributed by atoms with Crippen LogP contribution < -0.4 is 11.1 Å². The van der Waals surface area contributed by atoms with Gasteiger partial charge in [-0.05, 0) is 23.6 Å². The third-order valence-electron chi connectivity index (χ3n) is 4.39. The van der Waals surface area contributed by atoms with Gasteiger partial charge < -0.3 is 10.7 Å². The van der Waals surface area contributed by atoms with E-state index >= 15 is 0 Å². The van der Waals surface area contributed by atoms with Crippen LogP contribution in [0, 0.1) is 0 Å². The van der Waals surface area contributed by atoms with Gasteiger partial charge in [-0.2, -0.15) is 0 Å². The van der Waals surface area contributed by atoms with E-state index in [0.29, 0.717) is 6.42 Å². The lowest BCUT2D eigenvalue weighted by atomic mass is 9.90. The van der Waals surface area contributed by atoms with Gasteiger partial charge in [0, 0.05) is 16.6 Å². The lowest BCUT2D eigenvalue weighted by Gasteiger charge is -2.30. The molecule has 4 rings (SSSR count). The number of fused-ring (bicyclic) bond motifs is 3. The number of aromatic nitrogens is 1. The highest BCUT2D eigenvalue weighted by Gasteiger charge is 2.32. The molecule has 1 aliphatic heterocycles. The number of nitrogens with one attached hydrogen (secondary N) is 2. The maximum atomic E-state index is 11.7. The second-order valence-electron chi connectivity index (χ2n) is 5.73. The Hall–Kier alpha value is -2.59. The molecule has 1 amide bonds. The van der Waals surface area contributed by atoms with Crippen molar-refractivity contribution in [3.63, 3.8) is 0 Å². The van der Waals surface area contributed by atoms with Gasteiger partial charge in [0.05, 0.1) is 12.1 Å². The molecule has 4 nitrogen and oxygen atoms in total. The average Bonchev–Trinajstić information content (AvgIpc) is 3.02. The van der Waals surface area contributed by atoms with Crippen molar-refractivity contribution < 1.29 is 4.79 Å². The molecule has 0 radical (unpaired) electrons. The summed E-state index contributed by atoms with van der Waals surface area (Å²) < 4.78 is 0. The predicted octanol–water partition coefficient (Wildman–Crippen LogP) is 3.28. The predicted molar refractivity (Wildman–Crippen MR) is 97.8 cm³/mol. The largest absolute Gasteiger partial charge is 0.368 e. The summed E-state index contributed by atoms with van der Waals surface area (Å²) in [5.41, 5.74) is 10.1. The third kappa shape index (κ3) is 2.81. The van der Waals surface area contributed by atoms with Gasteiger partial charge in [0.25, 0.3) is 0 Å². The molecule has 124 valence electrons. The molecule has 0 fully saturated rings. The molecular weight excluding hydrogens is 298 g/mol. The second-order valence-corrected chi connectivity index (χ2v) is 5.73. The van der Waals surface area contributed by atoms with Crippen LogP contribution in [0.25, 0.3) is 10.9 Å². The number of para-hydroxylation sites is 1. The summed E-state index contributed by atoms with van der Waals surface area (Å²) in [4.78, 5) is 15.3. The third-order valence-corrected chi connectivity index (χ3v) is 4.39. The van der Waals surface area contributed by atoms with Gasteiger partial charge in [-0.1, -0.05) is 62.4 Å². The van der Waals surface area contributed by atoms with Gasteiger partial charge in [-0.15, -0.1) is 0 Å². The SMILES string of the molecule is CC.NC(=O)[C@@H]1Cc2c([nH]c3ccccc23)C(c2ccccc2)N1. The molecule has 1 aliphatic rings. The number of amides is 1. The van der Waals surface area contributed by atoms with Crippen LogP contribution >= 0.6 is 0 Å². The number of hydrogen-bond acceptors (Lipinski definition) is 2. The normalized spacial score (nSPS) is 19.2. The monoisotopic (exact) mass is 321 g/mol. The Balaban J connectivity index is 0.000000815. The average molecular weight is 321 g/mol. The van der Waals surface area contributed by atoms with Crippen LogP contribution in [-0.2, 0) is 11.2 Å². The fourth-order valence-corrected chi connectivity index (χ4v) is 3.33. The van der Waals surface area contributed by atoms with Crippen LogP contribution in [0.2, 0.25) is 0 Å². The minimum Gasteiger partial charge on any atom is -0.368 e. The zero-order chi connectivity index (χ0) is 17.1. The van der Waals surface area contributed by atoms with E-state index in [4.69, 9.17) is 5.73 Å². The number of aromatic amines is 1. The van der Waals surface area contributed by atoms with Crippen molar-refractivity contribution in [2.24, 2.45) is 5.73 Å². The van der Waals surface area contributed by atoms with Gasteiger partial charge in [-0.25, -0.2) is 0 Å². The molecule has 4 N–H and O–H groups in total. The number of primary amides is 1. The van der Waals surface area contributed by atoms with Crippen molar-refractivity contribution in [2.45, 2.75) is 32.4 Å². The van der Waals surface area contributed by atoms with Gasteiger partial charge in [-0.3, -0.25) is 10.1 Å². The number of hydrogen-bond donors (Lipinski definition) is 3. The van der Waals surface area contributed by atoms with E-state index in [1.54, 1.807) is 0 Å². The van der Waals surface area contributed by atoms with Gasteiger partial charge in [0.15, 0.2) is 0 Å². The van der Waals surface area contributed by atoms with Crippen molar-refractivity contribution in [1.29, 1.82) is 0 Å². The first-order chi connectivity index (χ1) is 11.7. The Morgan fingerprint density at radius 3 is 2.42 bits per heavy atom. The summed E-state index contributed by atoms with van der Waals surface area (Å²) >= 11 is 0. The topological polar surface area (TPSA) is 70.9 Å². The molecule has 1 aromatic heterocycles. The van der Waals surface area contributed by atoms with E-state index in [1.807, 2.05) is 44.2 Å². The molecule has 4 heteroatoms. The fourth-order valence-electron chi connectivity index (χ4n) is 3.33. The maximum absolute atomic E-state index is 11.7. The van der Waals surface area contributed by atoms with Crippen molar-refractivity contribution in [2.75, 3.05) is 0 Å². The Labute approximate surface area is 142 Å². The van der Waals surface area contributed by atoms with Crippen LogP contribution in [0.3, 0.4) is 0 Å². The summed E-state index contributed by atoms with van der Waals surface area (Å²) in [6.45, 7) is 4.00. The molecule has 2 atom stereocenters. The van der Waals surface area contributed by atoms with E-state index < -0.39 is 0 Å². The molecule has 0 saturated heterocycles. The van der Waals surface area contributed by atoms with Gasteiger partial charge in [0.1, 0.15) is 0 Å². The van der Waals surface area contributed by atoms with E-state index in [2.05, 4.69) is 34.6 Å². The number of rotatable bonds is 2. The van der Waals surface area contributed by atoms with Crippen LogP contribution in [0.5, 0.6) is 0 Å². The minimum atomic E-state index is -0.350. The van der Waals surface area contributed by atoms with E-state index in [1.165, 1.54) is 10.9 Å². The number of carbonyl (C=O) groups is 1. The first-order valence-corrected chi connectivity index (χ1v) is 8.44. The van der Waals surface area contributed by atoms with Crippen molar-refractivity contribution in [3.05, 3.63) is 71.4 Å². The molecule has 1 unspecified atom stereocenters. The Kier molecular flexibility index (Phi) is 4.67. The number of benzene rings is 2. The number of carbonyl (C=O) groups excluding carboxylic acids is 1. The second kappa shape index (κ2) is 6.89.